The van der Waals surface area contributed by atoms with Crippen LogP contribution in [0.3, 0.4) is 0 Å². The third-order valence-electron chi connectivity index (χ3n) is 4.50. The smallest absolute Gasteiger partial charge is 0.139 e. The van der Waals surface area contributed by atoms with Crippen molar-refractivity contribution >= 4 is 11.0 Å². The van der Waals surface area contributed by atoms with Crippen LogP contribution in [-0.2, 0) is 6.54 Å². The molecule has 1 aliphatic heterocycles. The Morgan fingerprint density at radius 1 is 1.32 bits per heavy atom. The molecule has 1 aromatic heterocycles. The van der Waals surface area contributed by atoms with Crippen molar-refractivity contribution in [2.75, 3.05) is 26.2 Å². The van der Waals surface area contributed by atoms with Gasteiger partial charge in [0.1, 0.15) is 11.0 Å². The SMILES string of the molecule is CC(C)N1CCN(Cc2cccc3nonc23)C[C@@H]1CCO. The second kappa shape index (κ2) is 6.73. The zero-order valence-corrected chi connectivity index (χ0v) is 13.3. The fourth-order valence-electron chi connectivity index (χ4n) is 3.39. The van der Waals surface area contributed by atoms with Crippen molar-refractivity contribution in [1.29, 1.82) is 0 Å². The Bertz CT molecular complexity index is 613. The maximum atomic E-state index is 9.33. The Morgan fingerprint density at radius 3 is 2.95 bits per heavy atom. The molecule has 0 aliphatic carbocycles. The fourth-order valence-corrected chi connectivity index (χ4v) is 3.39. The summed E-state index contributed by atoms with van der Waals surface area (Å²) in [6.45, 7) is 8.57. The first kappa shape index (κ1) is 15.4. The van der Waals surface area contributed by atoms with E-state index in [1.165, 1.54) is 0 Å². The summed E-state index contributed by atoms with van der Waals surface area (Å²) in [4.78, 5) is 4.92. The van der Waals surface area contributed by atoms with Crippen LogP contribution in [0.25, 0.3) is 11.0 Å². The number of fused-ring (bicyclic) bond motifs is 1. The maximum absolute atomic E-state index is 9.33. The third-order valence-corrected chi connectivity index (χ3v) is 4.50. The van der Waals surface area contributed by atoms with Crippen LogP contribution >= 0.6 is 0 Å². The zero-order valence-electron chi connectivity index (χ0n) is 13.3. The predicted octanol–water partition coefficient (Wildman–Crippen LogP) is 1.50. The van der Waals surface area contributed by atoms with Crippen LogP contribution in [0.15, 0.2) is 22.8 Å². The molecule has 0 saturated carbocycles. The van der Waals surface area contributed by atoms with Gasteiger partial charge >= 0.3 is 0 Å². The van der Waals surface area contributed by atoms with Gasteiger partial charge in [0.25, 0.3) is 0 Å². The second-order valence-electron chi connectivity index (χ2n) is 6.28. The fraction of sp³-hybridized carbons (Fsp3) is 0.625. The summed E-state index contributed by atoms with van der Waals surface area (Å²) in [5.41, 5.74) is 2.82. The second-order valence-corrected chi connectivity index (χ2v) is 6.28. The van der Waals surface area contributed by atoms with Crippen molar-refractivity contribution in [3.63, 3.8) is 0 Å². The first-order chi connectivity index (χ1) is 10.7. The largest absolute Gasteiger partial charge is 0.396 e. The average Bonchev–Trinajstić information content (AvgIpc) is 2.97. The summed E-state index contributed by atoms with van der Waals surface area (Å²) in [5.74, 6) is 0. The quantitative estimate of drug-likeness (QED) is 0.903. The molecular formula is C16H24N4O2. The van der Waals surface area contributed by atoms with E-state index in [0.717, 1.165) is 49.2 Å². The molecule has 0 spiro atoms. The van der Waals surface area contributed by atoms with Gasteiger partial charge in [-0.3, -0.25) is 9.80 Å². The molecule has 2 aromatic rings. The molecule has 120 valence electrons. The highest BCUT2D eigenvalue weighted by Crippen LogP contribution is 2.21. The molecule has 3 rings (SSSR count). The minimum Gasteiger partial charge on any atom is -0.396 e. The number of nitrogens with zero attached hydrogens (tertiary/aromatic N) is 4. The van der Waals surface area contributed by atoms with Crippen LogP contribution in [0.2, 0.25) is 0 Å². The van der Waals surface area contributed by atoms with E-state index < -0.39 is 0 Å². The van der Waals surface area contributed by atoms with Crippen LogP contribution < -0.4 is 0 Å². The Kier molecular flexibility index (Phi) is 4.71. The first-order valence-electron chi connectivity index (χ1n) is 7.98. The summed E-state index contributed by atoms with van der Waals surface area (Å²) in [6.07, 6.45) is 0.824. The summed E-state index contributed by atoms with van der Waals surface area (Å²) >= 11 is 0. The molecular weight excluding hydrogens is 280 g/mol. The first-order valence-corrected chi connectivity index (χ1v) is 7.98. The number of aromatic nitrogens is 2. The number of piperazine rings is 1. The van der Waals surface area contributed by atoms with Crippen LogP contribution in [0.4, 0.5) is 0 Å². The molecule has 1 atom stereocenters. The Balaban J connectivity index is 1.72. The van der Waals surface area contributed by atoms with Gasteiger partial charge in [-0.05, 0) is 42.2 Å². The Labute approximate surface area is 130 Å². The summed E-state index contributed by atoms with van der Waals surface area (Å²) in [5, 5.41) is 17.3. The molecule has 0 bridgehead atoms. The van der Waals surface area contributed by atoms with Crippen molar-refractivity contribution in [3.05, 3.63) is 23.8 Å². The minimum atomic E-state index is 0.241. The van der Waals surface area contributed by atoms with Gasteiger partial charge in [0, 0.05) is 44.9 Å². The van der Waals surface area contributed by atoms with Gasteiger partial charge in [0.15, 0.2) is 0 Å². The van der Waals surface area contributed by atoms with Crippen molar-refractivity contribution in [2.24, 2.45) is 0 Å². The normalized spacial score (nSPS) is 21.0. The number of hydrogen-bond donors (Lipinski definition) is 1. The standard InChI is InChI=1S/C16H24N4O2/c1-12(2)20-8-7-19(11-14(20)6-9-21)10-13-4-3-5-15-16(13)18-22-17-15/h3-5,12,14,21H,6-11H2,1-2H3/t14-/m0/s1. The molecule has 2 heterocycles. The monoisotopic (exact) mass is 304 g/mol. The van der Waals surface area contributed by atoms with Crippen LogP contribution in [0.1, 0.15) is 25.8 Å². The molecule has 1 N–H and O–H groups in total. The van der Waals surface area contributed by atoms with E-state index >= 15 is 0 Å². The predicted molar refractivity (Wildman–Crippen MR) is 84.4 cm³/mol. The molecule has 0 radical (unpaired) electrons. The summed E-state index contributed by atoms with van der Waals surface area (Å²) in [6, 6.07) is 6.93. The highest BCUT2D eigenvalue weighted by molar-refractivity contribution is 5.76. The molecule has 1 aromatic carbocycles. The highest BCUT2D eigenvalue weighted by atomic mass is 16.6. The van der Waals surface area contributed by atoms with E-state index in [0.29, 0.717) is 12.1 Å². The molecule has 22 heavy (non-hydrogen) atoms. The lowest BCUT2D eigenvalue weighted by atomic mass is 10.1. The number of rotatable bonds is 5. The van der Waals surface area contributed by atoms with E-state index in [2.05, 4.69) is 40.0 Å². The van der Waals surface area contributed by atoms with Crippen LogP contribution in [-0.4, -0.2) is 63.5 Å². The molecule has 1 aliphatic rings. The molecule has 0 amide bonds. The van der Waals surface area contributed by atoms with Crippen molar-refractivity contribution in [1.82, 2.24) is 20.1 Å². The van der Waals surface area contributed by atoms with Crippen molar-refractivity contribution < 1.29 is 9.74 Å². The van der Waals surface area contributed by atoms with Crippen LogP contribution in [0, 0.1) is 0 Å². The van der Waals surface area contributed by atoms with E-state index in [9.17, 15) is 5.11 Å². The van der Waals surface area contributed by atoms with Crippen LogP contribution in [0.5, 0.6) is 0 Å². The minimum absolute atomic E-state index is 0.241. The highest BCUT2D eigenvalue weighted by Gasteiger charge is 2.28. The van der Waals surface area contributed by atoms with E-state index in [-0.39, 0.29) is 6.61 Å². The van der Waals surface area contributed by atoms with Gasteiger partial charge < -0.3 is 5.11 Å². The summed E-state index contributed by atoms with van der Waals surface area (Å²) in [7, 11) is 0. The third kappa shape index (κ3) is 3.14. The number of aliphatic hydroxyl groups is 1. The number of hydrogen-bond acceptors (Lipinski definition) is 6. The van der Waals surface area contributed by atoms with Crippen molar-refractivity contribution in [3.8, 4) is 0 Å². The van der Waals surface area contributed by atoms with E-state index in [1.54, 1.807) is 0 Å². The van der Waals surface area contributed by atoms with Gasteiger partial charge in [0.2, 0.25) is 0 Å². The lowest BCUT2D eigenvalue weighted by Gasteiger charge is -2.43. The number of benzene rings is 1. The molecule has 0 unspecified atom stereocenters. The summed E-state index contributed by atoms with van der Waals surface area (Å²) < 4.78 is 4.84. The van der Waals surface area contributed by atoms with E-state index in [1.807, 2.05) is 12.1 Å². The molecule has 1 saturated heterocycles. The molecule has 6 nitrogen and oxygen atoms in total. The van der Waals surface area contributed by atoms with Gasteiger partial charge in [-0.25, -0.2) is 4.63 Å². The lowest BCUT2D eigenvalue weighted by Crippen LogP contribution is -2.55. The lowest BCUT2D eigenvalue weighted by molar-refractivity contribution is 0.0350. The van der Waals surface area contributed by atoms with Gasteiger partial charge in [0.05, 0.1) is 0 Å². The van der Waals surface area contributed by atoms with E-state index in [4.69, 9.17) is 4.63 Å². The Morgan fingerprint density at radius 2 is 2.18 bits per heavy atom. The maximum Gasteiger partial charge on any atom is 0.139 e. The average molecular weight is 304 g/mol. The zero-order chi connectivity index (χ0) is 15.5. The van der Waals surface area contributed by atoms with Gasteiger partial charge in [-0.15, -0.1) is 0 Å². The topological polar surface area (TPSA) is 65.6 Å². The van der Waals surface area contributed by atoms with Crippen molar-refractivity contribution in [2.45, 2.75) is 38.9 Å². The molecule has 1 fully saturated rings. The Hall–Kier alpha value is -1.50. The van der Waals surface area contributed by atoms with Gasteiger partial charge in [-0.2, -0.15) is 0 Å². The number of aliphatic hydroxyl groups excluding tert-OH is 1. The van der Waals surface area contributed by atoms with Gasteiger partial charge in [-0.1, -0.05) is 12.1 Å². The molecule has 6 heteroatoms.